The van der Waals surface area contributed by atoms with E-state index in [2.05, 4.69) is 15.5 Å². The van der Waals surface area contributed by atoms with Gasteiger partial charge in [0.1, 0.15) is 5.01 Å². The molecule has 0 spiro atoms. The summed E-state index contributed by atoms with van der Waals surface area (Å²) < 4.78 is 11.0. The smallest absolute Gasteiger partial charge is 0.267 e. The number of amides is 1. The molecule has 7 heteroatoms. The summed E-state index contributed by atoms with van der Waals surface area (Å²) in [6.45, 7) is 3.88. The number of carbonyl (C=O) groups is 1. The standard InChI is InChI=1S/C15H19N3O3S/c1-4-10(21-12-9-7-6-8-11(12)20-3)14(19)16-15-18-17-13(5-2)22-15/h6-10H,4-5H2,1-3H3,(H,16,18,19)/t10-/m0/s1. The van der Waals surface area contributed by atoms with Gasteiger partial charge in [0.25, 0.3) is 5.91 Å². The lowest BCUT2D eigenvalue weighted by Gasteiger charge is -2.18. The van der Waals surface area contributed by atoms with Crippen LogP contribution in [-0.2, 0) is 11.2 Å². The van der Waals surface area contributed by atoms with Crippen LogP contribution >= 0.6 is 11.3 Å². The van der Waals surface area contributed by atoms with Crippen LogP contribution in [0.3, 0.4) is 0 Å². The SMILES string of the molecule is CCc1nnc(NC(=O)[C@H](CC)Oc2ccccc2OC)s1. The normalized spacial score (nSPS) is 11.8. The van der Waals surface area contributed by atoms with Gasteiger partial charge in [-0.05, 0) is 25.0 Å². The first-order valence-corrected chi connectivity index (χ1v) is 7.92. The van der Waals surface area contributed by atoms with E-state index in [0.717, 1.165) is 11.4 Å². The van der Waals surface area contributed by atoms with Crippen molar-refractivity contribution in [1.82, 2.24) is 10.2 Å². The van der Waals surface area contributed by atoms with Gasteiger partial charge < -0.3 is 9.47 Å². The van der Waals surface area contributed by atoms with Crippen molar-refractivity contribution in [2.45, 2.75) is 32.8 Å². The second kappa shape index (κ2) is 7.74. The van der Waals surface area contributed by atoms with Crippen LogP contribution in [0.2, 0.25) is 0 Å². The highest BCUT2D eigenvalue weighted by Crippen LogP contribution is 2.27. The summed E-state index contributed by atoms with van der Waals surface area (Å²) >= 11 is 1.37. The van der Waals surface area contributed by atoms with Gasteiger partial charge in [0.2, 0.25) is 5.13 Å². The number of anilines is 1. The molecule has 2 rings (SSSR count). The third-order valence-electron chi connectivity index (χ3n) is 3.00. The van der Waals surface area contributed by atoms with Crippen molar-refractivity contribution in [3.05, 3.63) is 29.3 Å². The van der Waals surface area contributed by atoms with Crippen LogP contribution < -0.4 is 14.8 Å². The molecule has 0 aliphatic carbocycles. The quantitative estimate of drug-likeness (QED) is 0.849. The lowest BCUT2D eigenvalue weighted by atomic mass is 10.2. The molecule has 0 bridgehead atoms. The number of carbonyl (C=O) groups excluding carboxylic acids is 1. The molecule has 0 saturated carbocycles. The summed E-state index contributed by atoms with van der Waals surface area (Å²) in [4.78, 5) is 12.3. The molecule has 2 aromatic rings. The van der Waals surface area contributed by atoms with E-state index in [-0.39, 0.29) is 5.91 Å². The van der Waals surface area contributed by atoms with E-state index in [1.807, 2.05) is 26.0 Å². The van der Waals surface area contributed by atoms with E-state index in [1.165, 1.54) is 11.3 Å². The molecule has 0 aliphatic heterocycles. The van der Waals surface area contributed by atoms with Crippen LogP contribution in [-0.4, -0.2) is 29.3 Å². The van der Waals surface area contributed by atoms with Gasteiger partial charge in [0, 0.05) is 0 Å². The molecule has 1 N–H and O–H groups in total. The molecule has 1 amide bonds. The van der Waals surface area contributed by atoms with Crippen LogP contribution in [0.1, 0.15) is 25.3 Å². The van der Waals surface area contributed by atoms with Crippen molar-refractivity contribution < 1.29 is 14.3 Å². The Hall–Kier alpha value is -2.15. The largest absolute Gasteiger partial charge is 0.493 e. The highest BCUT2D eigenvalue weighted by molar-refractivity contribution is 7.15. The second-order valence-corrected chi connectivity index (χ2v) is 5.57. The third-order valence-corrected chi connectivity index (χ3v) is 3.98. The Kier molecular flexibility index (Phi) is 5.71. The average Bonchev–Trinajstić information content (AvgIpc) is 3.00. The monoisotopic (exact) mass is 321 g/mol. The van der Waals surface area contributed by atoms with Crippen LogP contribution in [0.5, 0.6) is 11.5 Å². The Labute approximate surface area is 133 Å². The molecule has 22 heavy (non-hydrogen) atoms. The van der Waals surface area contributed by atoms with E-state index in [1.54, 1.807) is 19.2 Å². The molecule has 0 radical (unpaired) electrons. The Balaban J connectivity index is 2.05. The van der Waals surface area contributed by atoms with Gasteiger partial charge >= 0.3 is 0 Å². The summed E-state index contributed by atoms with van der Waals surface area (Å²) in [6, 6.07) is 7.24. The molecule has 1 aromatic carbocycles. The van der Waals surface area contributed by atoms with Crippen LogP contribution in [0.15, 0.2) is 24.3 Å². The minimum absolute atomic E-state index is 0.243. The number of ether oxygens (including phenoxy) is 2. The number of aromatic nitrogens is 2. The van der Waals surface area contributed by atoms with Crippen LogP contribution in [0.25, 0.3) is 0 Å². The fourth-order valence-corrected chi connectivity index (χ4v) is 2.51. The van der Waals surface area contributed by atoms with Gasteiger partial charge in [-0.15, -0.1) is 10.2 Å². The maximum absolute atomic E-state index is 12.3. The van der Waals surface area contributed by atoms with Gasteiger partial charge in [-0.2, -0.15) is 0 Å². The molecule has 0 saturated heterocycles. The van der Waals surface area contributed by atoms with Crippen molar-refractivity contribution in [2.75, 3.05) is 12.4 Å². The summed E-state index contributed by atoms with van der Waals surface area (Å²) in [7, 11) is 1.57. The lowest BCUT2D eigenvalue weighted by molar-refractivity contribution is -0.122. The molecule has 6 nitrogen and oxygen atoms in total. The molecule has 0 aliphatic rings. The van der Waals surface area contributed by atoms with E-state index in [0.29, 0.717) is 23.1 Å². The number of hydrogen-bond acceptors (Lipinski definition) is 6. The zero-order chi connectivity index (χ0) is 15.9. The maximum atomic E-state index is 12.3. The number of hydrogen-bond donors (Lipinski definition) is 1. The van der Waals surface area contributed by atoms with Gasteiger partial charge in [-0.25, -0.2) is 0 Å². The number of para-hydroxylation sites is 2. The Bertz CT molecular complexity index is 630. The first kappa shape index (κ1) is 16.2. The van der Waals surface area contributed by atoms with Crippen molar-refractivity contribution in [3.8, 4) is 11.5 Å². The minimum Gasteiger partial charge on any atom is -0.493 e. The number of nitrogens with one attached hydrogen (secondary N) is 1. The number of aryl methyl sites for hydroxylation is 1. The topological polar surface area (TPSA) is 73.3 Å². The number of nitrogens with zero attached hydrogens (tertiary/aromatic N) is 2. The zero-order valence-corrected chi connectivity index (χ0v) is 13.6. The van der Waals surface area contributed by atoms with Crippen molar-refractivity contribution in [2.24, 2.45) is 0 Å². The molecule has 0 fully saturated rings. The minimum atomic E-state index is -0.620. The van der Waals surface area contributed by atoms with E-state index >= 15 is 0 Å². The predicted molar refractivity (Wildman–Crippen MR) is 85.6 cm³/mol. The molecule has 0 unspecified atom stereocenters. The van der Waals surface area contributed by atoms with E-state index in [4.69, 9.17) is 9.47 Å². The molecule has 1 atom stereocenters. The molecule has 1 heterocycles. The highest BCUT2D eigenvalue weighted by Gasteiger charge is 2.21. The first-order chi connectivity index (χ1) is 10.7. The Morgan fingerprint density at radius 3 is 2.59 bits per heavy atom. The lowest BCUT2D eigenvalue weighted by Crippen LogP contribution is -2.32. The van der Waals surface area contributed by atoms with Crippen molar-refractivity contribution >= 4 is 22.4 Å². The van der Waals surface area contributed by atoms with Gasteiger partial charge in [0.05, 0.1) is 7.11 Å². The summed E-state index contributed by atoms with van der Waals surface area (Å²) in [5, 5.41) is 12.0. The molecule has 1 aromatic heterocycles. The van der Waals surface area contributed by atoms with Gasteiger partial charge in [-0.3, -0.25) is 10.1 Å². The third kappa shape index (κ3) is 3.94. The van der Waals surface area contributed by atoms with Crippen molar-refractivity contribution in [3.63, 3.8) is 0 Å². The highest BCUT2D eigenvalue weighted by atomic mass is 32.1. The first-order valence-electron chi connectivity index (χ1n) is 7.10. The Morgan fingerprint density at radius 2 is 2.00 bits per heavy atom. The van der Waals surface area contributed by atoms with E-state index in [9.17, 15) is 4.79 Å². The number of methoxy groups -OCH3 is 1. The average molecular weight is 321 g/mol. The maximum Gasteiger partial charge on any atom is 0.267 e. The number of benzene rings is 1. The zero-order valence-electron chi connectivity index (χ0n) is 12.8. The summed E-state index contributed by atoms with van der Waals surface area (Å²) in [6.07, 6.45) is 0.705. The van der Waals surface area contributed by atoms with Gasteiger partial charge in [0.15, 0.2) is 17.6 Å². The predicted octanol–water partition coefficient (Wildman–Crippen LogP) is 2.91. The fourth-order valence-electron chi connectivity index (χ4n) is 1.82. The van der Waals surface area contributed by atoms with E-state index < -0.39 is 6.10 Å². The van der Waals surface area contributed by atoms with Crippen molar-refractivity contribution in [1.29, 1.82) is 0 Å². The number of rotatable bonds is 7. The van der Waals surface area contributed by atoms with Crippen LogP contribution in [0.4, 0.5) is 5.13 Å². The second-order valence-electron chi connectivity index (χ2n) is 4.51. The summed E-state index contributed by atoms with van der Waals surface area (Å²) in [5.74, 6) is 0.892. The molecule has 118 valence electrons. The Morgan fingerprint density at radius 1 is 1.27 bits per heavy atom. The summed E-state index contributed by atoms with van der Waals surface area (Å²) in [5.41, 5.74) is 0. The molecular weight excluding hydrogens is 302 g/mol. The molecular formula is C15H19N3O3S. The van der Waals surface area contributed by atoms with Gasteiger partial charge in [-0.1, -0.05) is 37.3 Å². The fraction of sp³-hybridized carbons (Fsp3) is 0.400. The van der Waals surface area contributed by atoms with Crippen LogP contribution in [0, 0.1) is 0 Å².